The van der Waals surface area contributed by atoms with Crippen LogP contribution in [-0.4, -0.2) is 9.55 Å². The van der Waals surface area contributed by atoms with Crippen LogP contribution >= 0.6 is 0 Å². The molecule has 4 nitrogen and oxygen atoms in total. The maximum Gasteiger partial charge on any atom is 0.145 e. The van der Waals surface area contributed by atoms with E-state index in [-0.39, 0.29) is 0 Å². The lowest BCUT2D eigenvalue weighted by molar-refractivity contribution is 0.594. The molecule has 0 saturated heterocycles. The van der Waals surface area contributed by atoms with Crippen molar-refractivity contribution >= 4 is 0 Å². The van der Waals surface area contributed by atoms with Gasteiger partial charge in [0.1, 0.15) is 22.9 Å². The van der Waals surface area contributed by atoms with Crippen LogP contribution in [0, 0.1) is 16.7 Å². The number of fused-ring (bicyclic) bond motifs is 1. The van der Waals surface area contributed by atoms with Crippen LogP contribution in [0.5, 0.6) is 0 Å². The Bertz CT molecular complexity index is 438. The highest BCUT2D eigenvalue weighted by Crippen LogP contribution is 2.10. The maximum absolute atomic E-state index is 8.77. The standard InChI is InChI=1S/C10H12N4/c11-6-8-7-13-9-4-2-1-3-5-14(9)10(8)12/h7,12H,1-5H2. The Morgan fingerprint density at radius 2 is 2.29 bits per heavy atom. The number of nitriles is 1. The minimum Gasteiger partial charge on any atom is -0.314 e. The topological polar surface area (TPSA) is 65.5 Å². The van der Waals surface area contributed by atoms with Crippen molar-refractivity contribution < 1.29 is 0 Å². The van der Waals surface area contributed by atoms with Crippen LogP contribution < -0.4 is 5.49 Å². The molecule has 1 aromatic heterocycles. The second-order valence-electron chi connectivity index (χ2n) is 3.51. The number of hydrogen-bond donors (Lipinski definition) is 1. The van der Waals surface area contributed by atoms with Crippen LogP contribution in [0.1, 0.15) is 30.7 Å². The van der Waals surface area contributed by atoms with Crippen molar-refractivity contribution in [1.29, 1.82) is 10.7 Å². The van der Waals surface area contributed by atoms with Gasteiger partial charge in [0.2, 0.25) is 0 Å². The molecule has 0 bridgehead atoms. The lowest BCUT2D eigenvalue weighted by atomic mass is 10.2. The van der Waals surface area contributed by atoms with Gasteiger partial charge in [-0.1, -0.05) is 6.42 Å². The third-order valence-corrected chi connectivity index (χ3v) is 2.58. The normalized spacial score (nSPS) is 15.4. The highest BCUT2D eigenvalue weighted by Gasteiger charge is 2.10. The van der Waals surface area contributed by atoms with Crippen LogP contribution in [0.3, 0.4) is 0 Å². The third-order valence-electron chi connectivity index (χ3n) is 2.58. The summed E-state index contributed by atoms with van der Waals surface area (Å²) in [6.07, 6.45) is 5.85. The fourth-order valence-electron chi connectivity index (χ4n) is 1.80. The van der Waals surface area contributed by atoms with Gasteiger partial charge < -0.3 is 4.57 Å². The molecule has 0 amide bonds. The number of hydrogen-bond acceptors (Lipinski definition) is 3. The molecule has 4 heteroatoms. The van der Waals surface area contributed by atoms with Crippen molar-refractivity contribution in [2.24, 2.45) is 0 Å². The molecule has 0 aromatic carbocycles. The number of rotatable bonds is 0. The van der Waals surface area contributed by atoms with Gasteiger partial charge in [-0.3, -0.25) is 5.41 Å². The van der Waals surface area contributed by atoms with Crippen molar-refractivity contribution in [3.05, 3.63) is 23.1 Å². The van der Waals surface area contributed by atoms with Gasteiger partial charge in [-0.15, -0.1) is 0 Å². The zero-order chi connectivity index (χ0) is 9.97. The number of nitrogens with zero attached hydrogens (tertiary/aromatic N) is 3. The summed E-state index contributed by atoms with van der Waals surface area (Å²) in [5, 5.41) is 16.6. The first kappa shape index (κ1) is 8.95. The van der Waals surface area contributed by atoms with Crippen LogP contribution in [0.4, 0.5) is 0 Å². The predicted octanol–water partition coefficient (Wildman–Crippen LogP) is 0.961. The quantitative estimate of drug-likeness (QED) is 0.659. The van der Waals surface area contributed by atoms with Gasteiger partial charge in [-0.2, -0.15) is 5.26 Å². The SMILES string of the molecule is N#Cc1cnc2n(c1=N)CCCCC2. The van der Waals surface area contributed by atoms with Gasteiger partial charge in [0.25, 0.3) is 0 Å². The van der Waals surface area contributed by atoms with Crippen LogP contribution in [-0.2, 0) is 13.0 Å². The van der Waals surface area contributed by atoms with E-state index < -0.39 is 0 Å². The molecule has 0 atom stereocenters. The predicted molar refractivity (Wildman–Crippen MR) is 50.4 cm³/mol. The first-order chi connectivity index (χ1) is 6.83. The van der Waals surface area contributed by atoms with Gasteiger partial charge in [-0.05, 0) is 12.8 Å². The first-order valence-electron chi connectivity index (χ1n) is 4.86. The van der Waals surface area contributed by atoms with Crippen molar-refractivity contribution in [2.75, 3.05) is 0 Å². The number of nitrogens with one attached hydrogen (secondary N) is 1. The van der Waals surface area contributed by atoms with Gasteiger partial charge in [0.15, 0.2) is 0 Å². The molecule has 1 aliphatic heterocycles. The summed E-state index contributed by atoms with van der Waals surface area (Å²) in [5.41, 5.74) is 0.690. The van der Waals surface area contributed by atoms with E-state index in [0.29, 0.717) is 11.1 Å². The van der Waals surface area contributed by atoms with E-state index in [4.69, 9.17) is 10.7 Å². The van der Waals surface area contributed by atoms with Crippen molar-refractivity contribution in [1.82, 2.24) is 9.55 Å². The third kappa shape index (κ3) is 1.41. The summed E-state index contributed by atoms with van der Waals surface area (Å²) in [5.74, 6) is 0.950. The summed E-state index contributed by atoms with van der Waals surface area (Å²) < 4.78 is 1.87. The lowest BCUT2D eigenvalue weighted by Crippen LogP contribution is -2.26. The average molecular weight is 188 g/mol. The molecule has 0 aliphatic carbocycles. The Balaban J connectivity index is 2.57. The summed E-state index contributed by atoms with van der Waals surface area (Å²) in [4.78, 5) is 4.23. The number of aromatic nitrogens is 2. The molecule has 0 spiro atoms. The summed E-state index contributed by atoms with van der Waals surface area (Å²) in [6.45, 7) is 0.830. The molecule has 2 heterocycles. The molecule has 72 valence electrons. The molecule has 1 aliphatic rings. The van der Waals surface area contributed by atoms with Gasteiger partial charge >= 0.3 is 0 Å². The van der Waals surface area contributed by atoms with Crippen molar-refractivity contribution in [2.45, 2.75) is 32.2 Å². The van der Waals surface area contributed by atoms with Crippen LogP contribution in [0.2, 0.25) is 0 Å². The van der Waals surface area contributed by atoms with Gasteiger partial charge in [0, 0.05) is 13.0 Å². The summed E-state index contributed by atoms with van der Waals surface area (Å²) in [7, 11) is 0. The van der Waals surface area contributed by atoms with E-state index in [1.54, 1.807) is 0 Å². The summed E-state index contributed by atoms with van der Waals surface area (Å²) >= 11 is 0. The molecule has 2 rings (SSSR count). The fraction of sp³-hybridized carbons (Fsp3) is 0.500. The molecule has 0 unspecified atom stereocenters. The van der Waals surface area contributed by atoms with Crippen LogP contribution in [0.15, 0.2) is 6.20 Å². The first-order valence-corrected chi connectivity index (χ1v) is 4.86. The second kappa shape index (κ2) is 3.62. The molecule has 1 aromatic rings. The lowest BCUT2D eigenvalue weighted by Gasteiger charge is -2.08. The Hall–Kier alpha value is -1.63. The van der Waals surface area contributed by atoms with Crippen molar-refractivity contribution in [3.8, 4) is 6.07 Å². The van der Waals surface area contributed by atoms with Crippen molar-refractivity contribution in [3.63, 3.8) is 0 Å². The molecule has 0 fully saturated rings. The summed E-state index contributed by atoms with van der Waals surface area (Å²) in [6, 6.07) is 1.99. The Labute approximate surface area is 82.3 Å². The van der Waals surface area contributed by atoms with Gasteiger partial charge in [0.05, 0.1) is 6.20 Å². The highest BCUT2D eigenvalue weighted by atomic mass is 15.1. The molecular weight excluding hydrogens is 176 g/mol. The Kier molecular flexibility index (Phi) is 2.32. The smallest absolute Gasteiger partial charge is 0.145 e. The highest BCUT2D eigenvalue weighted by molar-refractivity contribution is 5.22. The fourth-order valence-corrected chi connectivity index (χ4v) is 1.80. The minimum absolute atomic E-state index is 0.319. The molecule has 14 heavy (non-hydrogen) atoms. The van der Waals surface area contributed by atoms with Gasteiger partial charge in [-0.25, -0.2) is 4.98 Å². The Morgan fingerprint density at radius 3 is 3.07 bits per heavy atom. The minimum atomic E-state index is 0.319. The van der Waals surface area contributed by atoms with E-state index in [2.05, 4.69) is 4.98 Å². The molecular formula is C10H12N4. The maximum atomic E-state index is 8.77. The van der Waals surface area contributed by atoms with E-state index in [9.17, 15) is 0 Å². The molecule has 0 radical (unpaired) electrons. The van der Waals surface area contributed by atoms with E-state index in [0.717, 1.165) is 31.6 Å². The largest absolute Gasteiger partial charge is 0.314 e. The number of aryl methyl sites for hydroxylation is 1. The molecule has 1 N–H and O–H groups in total. The second-order valence-corrected chi connectivity index (χ2v) is 3.51. The zero-order valence-electron chi connectivity index (χ0n) is 7.95. The molecule has 0 saturated carbocycles. The van der Waals surface area contributed by atoms with Crippen LogP contribution in [0.25, 0.3) is 0 Å². The average Bonchev–Trinajstić information content (AvgIpc) is 2.44. The van der Waals surface area contributed by atoms with E-state index in [1.807, 2.05) is 10.6 Å². The van der Waals surface area contributed by atoms with E-state index >= 15 is 0 Å². The monoisotopic (exact) mass is 188 g/mol. The van der Waals surface area contributed by atoms with E-state index in [1.165, 1.54) is 12.6 Å². The zero-order valence-corrected chi connectivity index (χ0v) is 7.95. The Morgan fingerprint density at radius 1 is 1.43 bits per heavy atom.